The zero-order chi connectivity index (χ0) is 14.5. The summed E-state index contributed by atoms with van der Waals surface area (Å²) in [6.07, 6.45) is 7.87. The summed E-state index contributed by atoms with van der Waals surface area (Å²) in [5, 5.41) is 13.5. The van der Waals surface area contributed by atoms with Crippen LogP contribution in [0.2, 0.25) is 0 Å². The first kappa shape index (κ1) is 15.5. The molecule has 112 valence electrons. The lowest BCUT2D eigenvalue weighted by molar-refractivity contribution is 0.227. The molecule has 0 bridgehead atoms. The van der Waals surface area contributed by atoms with Gasteiger partial charge in [-0.25, -0.2) is 0 Å². The second-order valence-corrected chi connectivity index (χ2v) is 6.40. The molecule has 1 aromatic rings. The molecular formula is C18H29NO. The molecule has 1 aliphatic rings. The highest BCUT2D eigenvalue weighted by atomic mass is 16.3. The van der Waals surface area contributed by atoms with Crippen LogP contribution >= 0.6 is 0 Å². The molecule has 1 aliphatic carbocycles. The zero-order valence-corrected chi connectivity index (χ0v) is 13.2. The minimum absolute atomic E-state index is 0.0821. The van der Waals surface area contributed by atoms with Crippen molar-refractivity contribution in [2.75, 3.05) is 6.61 Å². The van der Waals surface area contributed by atoms with Crippen LogP contribution in [0.4, 0.5) is 0 Å². The molecule has 1 unspecified atom stereocenters. The lowest BCUT2D eigenvalue weighted by atomic mass is 9.93. The molecule has 1 saturated carbocycles. The fourth-order valence-electron chi connectivity index (χ4n) is 3.70. The Morgan fingerprint density at radius 1 is 1.05 bits per heavy atom. The van der Waals surface area contributed by atoms with Gasteiger partial charge in [0.15, 0.2) is 0 Å². The van der Waals surface area contributed by atoms with Gasteiger partial charge in [-0.2, -0.15) is 0 Å². The maximum atomic E-state index is 9.84. The van der Waals surface area contributed by atoms with Gasteiger partial charge in [0.1, 0.15) is 0 Å². The third kappa shape index (κ3) is 3.83. The standard InChI is InChI=1S/C18H29NO/c1-13-10-14(2)18(15(3)11-13)17(12-20)19-16-8-6-4-5-7-9-16/h10-11,16-17,19-20H,4-9,12H2,1-3H3. The fourth-order valence-corrected chi connectivity index (χ4v) is 3.70. The van der Waals surface area contributed by atoms with Crippen LogP contribution in [0, 0.1) is 20.8 Å². The smallest absolute Gasteiger partial charge is 0.0626 e. The number of aliphatic hydroxyl groups is 1. The van der Waals surface area contributed by atoms with E-state index in [9.17, 15) is 5.11 Å². The number of benzene rings is 1. The highest BCUT2D eigenvalue weighted by molar-refractivity contribution is 5.39. The molecule has 1 fully saturated rings. The van der Waals surface area contributed by atoms with Crippen LogP contribution in [-0.4, -0.2) is 17.8 Å². The summed E-state index contributed by atoms with van der Waals surface area (Å²) in [6.45, 7) is 6.64. The lowest BCUT2D eigenvalue weighted by Crippen LogP contribution is -2.35. The monoisotopic (exact) mass is 275 g/mol. The Hall–Kier alpha value is -0.860. The van der Waals surface area contributed by atoms with Gasteiger partial charge in [0.05, 0.1) is 12.6 Å². The highest BCUT2D eigenvalue weighted by Gasteiger charge is 2.20. The van der Waals surface area contributed by atoms with Crippen molar-refractivity contribution >= 4 is 0 Å². The predicted molar refractivity (Wildman–Crippen MR) is 85.1 cm³/mol. The van der Waals surface area contributed by atoms with E-state index in [0.717, 1.165) is 0 Å². The Kier molecular flexibility index (Phi) is 5.62. The van der Waals surface area contributed by atoms with E-state index in [2.05, 4.69) is 38.2 Å². The molecular weight excluding hydrogens is 246 g/mol. The SMILES string of the molecule is Cc1cc(C)c(C(CO)NC2CCCCCC2)c(C)c1. The van der Waals surface area contributed by atoms with Crippen LogP contribution in [0.5, 0.6) is 0 Å². The van der Waals surface area contributed by atoms with Gasteiger partial charge in [-0.05, 0) is 50.3 Å². The quantitative estimate of drug-likeness (QED) is 0.815. The van der Waals surface area contributed by atoms with Crippen molar-refractivity contribution in [3.63, 3.8) is 0 Å². The van der Waals surface area contributed by atoms with Crippen LogP contribution in [-0.2, 0) is 0 Å². The van der Waals surface area contributed by atoms with Gasteiger partial charge in [-0.15, -0.1) is 0 Å². The Balaban J connectivity index is 2.15. The maximum Gasteiger partial charge on any atom is 0.0626 e. The summed E-state index contributed by atoms with van der Waals surface area (Å²) >= 11 is 0. The molecule has 2 N–H and O–H groups in total. The fraction of sp³-hybridized carbons (Fsp3) is 0.667. The van der Waals surface area contributed by atoms with Crippen LogP contribution < -0.4 is 5.32 Å². The number of aryl methyl sites for hydroxylation is 3. The van der Waals surface area contributed by atoms with Crippen molar-refractivity contribution in [3.05, 3.63) is 34.4 Å². The minimum Gasteiger partial charge on any atom is -0.394 e. The normalized spacial score (nSPS) is 18.8. The first-order valence-corrected chi connectivity index (χ1v) is 8.06. The van der Waals surface area contributed by atoms with E-state index in [1.165, 1.54) is 60.8 Å². The van der Waals surface area contributed by atoms with Crippen molar-refractivity contribution in [1.82, 2.24) is 5.32 Å². The third-order valence-corrected chi connectivity index (χ3v) is 4.56. The molecule has 0 aliphatic heterocycles. The molecule has 0 aromatic heterocycles. The summed E-state index contributed by atoms with van der Waals surface area (Å²) in [7, 11) is 0. The molecule has 2 nitrogen and oxygen atoms in total. The molecule has 0 saturated heterocycles. The summed E-state index contributed by atoms with van der Waals surface area (Å²) in [5.74, 6) is 0. The number of nitrogens with one attached hydrogen (secondary N) is 1. The number of aliphatic hydroxyl groups excluding tert-OH is 1. The predicted octanol–water partition coefficient (Wildman–Crippen LogP) is 3.96. The van der Waals surface area contributed by atoms with E-state index < -0.39 is 0 Å². The van der Waals surface area contributed by atoms with Gasteiger partial charge in [0.25, 0.3) is 0 Å². The highest BCUT2D eigenvalue weighted by Crippen LogP contribution is 2.26. The average molecular weight is 275 g/mol. The van der Waals surface area contributed by atoms with E-state index >= 15 is 0 Å². The Bertz CT molecular complexity index is 410. The van der Waals surface area contributed by atoms with Crippen molar-refractivity contribution < 1.29 is 5.11 Å². The molecule has 1 atom stereocenters. The number of hydrogen-bond donors (Lipinski definition) is 2. The molecule has 2 rings (SSSR count). The summed E-state index contributed by atoms with van der Waals surface area (Å²) < 4.78 is 0. The first-order valence-electron chi connectivity index (χ1n) is 8.06. The molecule has 0 spiro atoms. The molecule has 2 heteroatoms. The Morgan fingerprint density at radius 2 is 1.60 bits per heavy atom. The Labute approximate surface area is 123 Å². The largest absolute Gasteiger partial charge is 0.394 e. The van der Waals surface area contributed by atoms with E-state index in [1.54, 1.807) is 0 Å². The molecule has 1 aromatic carbocycles. The topological polar surface area (TPSA) is 32.3 Å². The van der Waals surface area contributed by atoms with Gasteiger partial charge >= 0.3 is 0 Å². The number of rotatable bonds is 4. The Morgan fingerprint density at radius 3 is 2.10 bits per heavy atom. The van der Waals surface area contributed by atoms with Gasteiger partial charge in [0.2, 0.25) is 0 Å². The van der Waals surface area contributed by atoms with E-state index in [-0.39, 0.29) is 12.6 Å². The van der Waals surface area contributed by atoms with E-state index in [1.807, 2.05) is 0 Å². The van der Waals surface area contributed by atoms with E-state index in [0.29, 0.717) is 6.04 Å². The van der Waals surface area contributed by atoms with Gasteiger partial charge in [0, 0.05) is 6.04 Å². The van der Waals surface area contributed by atoms with E-state index in [4.69, 9.17) is 0 Å². The second kappa shape index (κ2) is 7.24. The zero-order valence-electron chi connectivity index (χ0n) is 13.2. The van der Waals surface area contributed by atoms with Crippen LogP contribution in [0.3, 0.4) is 0 Å². The second-order valence-electron chi connectivity index (χ2n) is 6.40. The third-order valence-electron chi connectivity index (χ3n) is 4.56. The van der Waals surface area contributed by atoms with Gasteiger partial charge < -0.3 is 10.4 Å². The van der Waals surface area contributed by atoms with Crippen molar-refractivity contribution in [1.29, 1.82) is 0 Å². The van der Waals surface area contributed by atoms with Gasteiger partial charge in [-0.3, -0.25) is 0 Å². The average Bonchev–Trinajstić information content (AvgIpc) is 2.65. The summed E-state index contributed by atoms with van der Waals surface area (Å²) in [6, 6.07) is 5.09. The first-order chi connectivity index (χ1) is 9.61. The summed E-state index contributed by atoms with van der Waals surface area (Å²) in [5.41, 5.74) is 5.18. The lowest BCUT2D eigenvalue weighted by Gasteiger charge is -2.26. The van der Waals surface area contributed by atoms with Crippen molar-refractivity contribution in [2.45, 2.75) is 71.4 Å². The van der Waals surface area contributed by atoms with Crippen molar-refractivity contribution in [2.24, 2.45) is 0 Å². The van der Waals surface area contributed by atoms with Crippen LogP contribution in [0.1, 0.15) is 66.8 Å². The minimum atomic E-state index is 0.0821. The molecule has 0 heterocycles. The molecule has 20 heavy (non-hydrogen) atoms. The molecule has 0 radical (unpaired) electrons. The number of hydrogen-bond acceptors (Lipinski definition) is 2. The van der Waals surface area contributed by atoms with Crippen LogP contribution in [0.25, 0.3) is 0 Å². The van der Waals surface area contributed by atoms with Crippen LogP contribution in [0.15, 0.2) is 12.1 Å². The maximum absolute atomic E-state index is 9.84. The summed E-state index contributed by atoms with van der Waals surface area (Å²) in [4.78, 5) is 0. The molecule has 0 amide bonds. The van der Waals surface area contributed by atoms with Crippen molar-refractivity contribution in [3.8, 4) is 0 Å². The van der Waals surface area contributed by atoms with Gasteiger partial charge in [-0.1, -0.05) is 43.4 Å².